The average molecular weight is 335 g/mol. The molecule has 8 heteroatoms. The lowest BCUT2D eigenvalue weighted by Gasteiger charge is -2.07. The Morgan fingerprint density at radius 2 is 2.00 bits per heavy atom. The molecule has 110 valence electrons. The summed E-state index contributed by atoms with van der Waals surface area (Å²) in [6.45, 7) is 1.12. The third kappa shape index (κ3) is 3.62. The fourth-order valence-corrected chi connectivity index (χ4v) is 3.40. The Morgan fingerprint density at radius 1 is 1.25 bits per heavy atom. The summed E-state index contributed by atoms with van der Waals surface area (Å²) in [4.78, 5) is 1.11. The highest BCUT2D eigenvalue weighted by atomic mass is 35.5. The first-order valence-electron chi connectivity index (χ1n) is 5.86. The summed E-state index contributed by atoms with van der Waals surface area (Å²) < 4.78 is 30.9. The van der Waals surface area contributed by atoms with Crippen molar-refractivity contribution in [2.45, 2.75) is 18.2 Å². The van der Waals surface area contributed by atoms with Gasteiger partial charge in [-0.05, 0) is 24.3 Å². The first-order valence-corrected chi connectivity index (χ1v) is 8.49. The predicted octanol–water partition coefficient (Wildman–Crippen LogP) is 2.53. The van der Waals surface area contributed by atoms with Gasteiger partial charge in [0.15, 0.2) is 0 Å². The van der Waals surface area contributed by atoms with Gasteiger partial charge in [0, 0.05) is 25.5 Å². The van der Waals surface area contributed by atoms with Crippen molar-refractivity contribution < 1.29 is 12.8 Å². The summed E-state index contributed by atoms with van der Waals surface area (Å²) in [7, 11) is -0.569. The maximum atomic E-state index is 11.8. The molecule has 0 aliphatic heterocycles. The monoisotopic (exact) mass is 334 g/mol. The van der Waals surface area contributed by atoms with E-state index in [0.717, 1.165) is 13.5 Å². The number of nitrogens with one attached hydrogen (secondary N) is 1. The summed E-state index contributed by atoms with van der Waals surface area (Å²) in [6, 6.07) is 6.92. The van der Waals surface area contributed by atoms with Crippen molar-refractivity contribution in [1.29, 1.82) is 0 Å². The van der Waals surface area contributed by atoms with Gasteiger partial charge in [0.05, 0.1) is 10.9 Å². The third-order valence-electron chi connectivity index (χ3n) is 2.60. The minimum Gasteiger partial charge on any atom is -0.447 e. The van der Waals surface area contributed by atoms with Crippen LogP contribution in [-0.2, 0) is 23.1 Å². The molecule has 0 aliphatic rings. The molecule has 0 atom stereocenters. The minimum absolute atomic E-state index is 0.0431. The summed E-state index contributed by atoms with van der Waals surface area (Å²) in [5.41, 5.74) is 0. The number of hydrogen-bond donors (Lipinski definition) is 1. The molecular weight excluding hydrogens is 320 g/mol. The van der Waals surface area contributed by atoms with E-state index in [4.69, 9.17) is 16.0 Å². The van der Waals surface area contributed by atoms with Crippen molar-refractivity contribution >= 4 is 33.0 Å². The minimum atomic E-state index is -3.51. The number of nitrogens with zero attached hydrogens (tertiary/aromatic N) is 1. The molecular formula is C12H15ClN2O3S2. The van der Waals surface area contributed by atoms with E-state index in [-0.39, 0.29) is 5.09 Å². The molecule has 0 saturated carbocycles. The molecule has 0 aliphatic carbocycles. The molecule has 0 unspecified atom stereocenters. The molecule has 0 spiro atoms. The lowest BCUT2D eigenvalue weighted by atomic mass is 10.4. The molecule has 5 nitrogen and oxygen atoms in total. The first-order chi connectivity index (χ1) is 9.39. The molecule has 0 bridgehead atoms. The van der Waals surface area contributed by atoms with Gasteiger partial charge in [-0.1, -0.05) is 11.6 Å². The van der Waals surface area contributed by atoms with Gasteiger partial charge in [-0.15, -0.1) is 11.3 Å². The van der Waals surface area contributed by atoms with Crippen molar-refractivity contribution in [3.63, 3.8) is 0 Å². The largest absolute Gasteiger partial charge is 0.447 e. The normalized spacial score (nSPS) is 12.2. The zero-order chi connectivity index (χ0) is 14.8. The van der Waals surface area contributed by atoms with Crippen LogP contribution in [0.25, 0.3) is 0 Å². The first kappa shape index (κ1) is 15.5. The van der Waals surface area contributed by atoms with Gasteiger partial charge in [0.25, 0.3) is 10.0 Å². The van der Waals surface area contributed by atoms with Gasteiger partial charge >= 0.3 is 0 Å². The summed E-state index contributed by atoms with van der Waals surface area (Å²) in [5.74, 6) is 0.577. The van der Waals surface area contributed by atoms with Gasteiger partial charge in [-0.3, -0.25) is 0 Å². The number of furan rings is 1. The van der Waals surface area contributed by atoms with Gasteiger partial charge in [0.1, 0.15) is 5.76 Å². The van der Waals surface area contributed by atoms with Crippen LogP contribution in [0.4, 0.5) is 0 Å². The van der Waals surface area contributed by atoms with Crippen LogP contribution in [0.1, 0.15) is 10.6 Å². The maximum Gasteiger partial charge on any atom is 0.275 e. The Morgan fingerprint density at radius 3 is 2.60 bits per heavy atom. The maximum absolute atomic E-state index is 11.8. The van der Waals surface area contributed by atoms with Gasteiger partial charge in [0.2, 0.25) is 5.09 Å². The predicted molar refractivity (Wildman–Crippen MR) is 79.5 cm³/mol. The van der Waals surface area contributed by atoms with Crippen molar-refractivity contribution in [3.8, 4) is 0 Å². The number of rotatable bonds is 6. The van der Waals surface area contributed by atoms with Crippen LogP contribution in [0.2, 0.25) is 4.34 Å². The number of hydrogen-bond acceptors (Lipinski definition) is 5. The highest BCUT2D eigenvalue weighted by molar-refractivity contribution is 7.88. The Labute approximate surface area is 127 Å². The second kappa shape index (κ2) is 6.28. The molecule has 2 rings (SSSR count). The van der Waals surface area contributed by atoms with E-state index < -0.39 is 10.0 Å². The van der Waals surface area contributed by atoms with E-state index in [2.05, 4.69) is 5.32 Å². The smallest absolute Gasteiger partial charge is 0.275 e. The molecule has 20 heavy (non-hydrogen) atoms. The quantitative estimate of drug-likeness (QED) is 0.881. The lowest BCUT2D eigenvalue weighted by Crippen LogP contribution is -2.21. The van der Waals surface area contributed by atoms with Crippen LogP contribution in [0.5, 0.6) is 0 Å². The van der Waals surface area contributed by atoms with Crippen LogP contribution in [0.3, 0.4) is 0 Å². The highest BCUT2D eigenvalue weighted by Crippen LogP contribution is 2.21. The zero-order valence-corrected chi connectivity index (χ0v) is 13.5. The van der Waals surface area contributed by atoms with Gasteiger partial charge in [-0.25, -0.2) is 12.7 Å². The van der Waals surface area contributed by atoms with Crippen molar-refractivity contribution in [1.82, 2.24) is 9.62 Å². The molecule has 1 N–H and O–H groups in total. The van der Waals surface area contributed by atoms with Crippen molar-refractivity contribution in [3.05, 3.63) is 39.2 Å². The van der Waals surface area contributed by atoms with Crippen LogP contribution in [0, 0.1) is 0 Å². The number of halogens is 1. The SMILES string of the molecule is CN(C)S(=O)(=O)c1ccc(CNCc2ccc(Cl)s2)o1. The fraction of sp³-hybridized carbons (Fsp3) is 0.333. The number of sulfonamides is 1. The summed E-state index contributed by atoms with van der Waals surface area (Å²) in [6.07, 6.45) is 0. The Kier molecular flexibility index (Phi) is 4.87. The molecule has 0 radical (unpaired) electrons. The molecule has 2 aromatic rings. The van der Waals surface area contributed by atoms with E-state index >= 15 is 0 Å². The molecule has 0 amide bonds. The van der Waals surface area contributed by atoms with Crippen LogP contribution in [-0.4, -0.2) is 26.8 Å². The third-order valence-corrected chi connectivity index (χ3v) is 5.52. The van der Waals surface area contributed by atoms with Gasteiger partial charge in [-0.2, -0.15) is 0 Å². The van der Waals surface area contributed by atoms with E-state index in [0.29, 0.717) is 18.8 Å². The topological polar surface area (TPSA) is 62.6 Å². The zero-order valence-electron chi connectivity index (χ0n) is 11.1. The molecule has 0 saturated heterocycles. The highest BCUT2D eigenvalue weighted by Gasteiger charge is 2.21. The second-order valence-electron chi connectivity index (χ2n) is 4.32. The fourth-order valence-electron chi connectivity index (χ4n) is 1.53. The van der Waals surface area contributed by atoms with Crippen molar-refractivity contribution in [2.24, 2.45) is 0 Å². The van der Waals surface area contributed by atoms with Crippen LogP contribution >= 0.6 is 22.9 Å². The van der Waals surface area contributed by atoms with Crippen molar-refractivity contribution in [2.75, 3.05) is 14.1 Å². The van der Waals surface area contributed by atoms with E-state index in [1.165, 1.54) is 31.5 Å². The summed E-state index contributed by atoms with van der Waals surface area (Å²) in [5, 5.41) is 3.13. The van der Waals surface area contributed by atoms with E-state index in [9.17, 15) is 8.42 Å². The lowest BCUT2D eigenvalue weighted by molar-refractivity contribution is 0.389. The Bertz CT molecular complexity index is 676. The molecule has 2 aromatic heterocycles. The Hall–Kier alpha value is -0.860. The molecule has 2 heterocycles. The number of thiophene rings is 1. The molecule has 0 fully saturated rings. The molecule has 0 aromatic carbocycles. The standard InChI is InChI=1S/C12H15ClN2O3S2/c1-15(2)20(16,17)12-6-3-9(18-12)7-14-8-10-4-5-11(13)19-10/h3-6,14H,7-8H2,1-2H3. The summed E-state index contributed by atoms with van der Waals surface area (Å²) >= 11 is 7.35. The van der Waals surface area contributed by atoms with E-state index in [1.54, 1.807) is 6.07 Å². The van der Waals surface area contributed by atoms with Gasteiger partial charge < -0.3 is 9.73 Å². The van der Waals surface area contributed by atoms with Crippen LogP contribution in [0.15, 0.2) is 33.8 Å². The second-order valence-corrected chi connectivity index (χ2v) is 8.20. The van der Waals surface area contributed by atoms with Crippen LogP contribution < -0.4 is 5.32 Å². The Balaban J connectivity index is 1.93. The average Bonchev–Trinajstić information content (AvgIpc) is 2.99. The van der Waals surface area contributed by atoms with E-state index in [1.807, 2.05) is 12.1 Å².